The highest BCUT2D eigenvalue weighted by Gasteiger charge is 2.11. The Balaban J connectivity index is 1.77. The minimum atomic E-state index is 0.187. The third-order valence-corrected chi connectivity index (χ3v) is 3.76. The maximum atomic E-state index is 5.84. The first-order valence-corrected chi connectivity index (χ1v) is 7.73. The van der Waals surface area contributed by atoms with Gasteiger partial charge in [-0.25, -0.2) is 0 Å². The Labute approximate surface area is 144 Å². The summed E-state index contributed by atoms with van der Waals surface area (Å²) < 4.78 is 6.83. The van der Waals surface area contributed by atoms with E-state index in [1.165, 1.54) is 0 Å². The molecule has 124 valence electrons. The fourth-order valence-electron chi connectivity index (χ4n) is 2.54. The number of benzene rings is 2. The molecule has 2 heterocycles. The molecule has 0 saturated carbocycles. The van der Waals surface area contributed by atoms with Crippen molar-refractivity contribution in [1.29, 1.82) is 0 Å². The molecule has 4 rings (SSSR count). The first-order chi connectivity index (χ1) is 12.2. The lowest BCUT2D eigenvalue weighted by Crippen LogP contribution is -2.07. The van der Waals surface area contributed by atoms with E-state index in [0.29, 0.717) is 11.6 Å². The summed E-state index contributed by atoms with van der Waals surface area (Å²) in [6, 6.07) is 19.3. The second kappa shape index (κ2) is 6.12. The number of nitrogens with two attached hydrogens (primary N) is 1. The number of fused-ring (bicyclic) bond motifs is 1. The van der Waals surface area contributed by atoms with Crippen LogP contribution in [0.5, 0.6) is 5.75 Å². The molecule has 0 aliphatic heterocycles. The number of nitrogens with one attached hydrogen (secondary N) is 1. The predicted octanol–water partition coefficient (Wildman–Crippen LogP) is 3.13. The van der Waals surface area contributed by atoms with Crippen LogP contribution in [0.1, 0.15) is 0 Å². The summed E-state index contributed by atoms with van der Waals surface area (Å²) in [5.74, 6) is 1.49. The number of aromatic nitrogens is 4. The third kappa shape index (κ3) is 2.94. The van der Waals surface area contributed by atoms with E-state index in [0.717, 1.165) is 22.7 Å². The van der Waals surface area contributed by atoms with Gasteiger partial charge in [0, 0.05) is 17.3 Å². The van der Waals surface area contributed by atoms with Gasteiger partial charge in [-0.05, 0) is 36.4 Å². The van der Waals surface area contributed by atoms with E-state index >= 15 is 0 Å². The van der Waals surface area contributed by atoms with Crippen LogP contribution >= 0.6 is 0 Å². The lowest BCUT2D eigenvalue weighted by Gasteiger charge is -2.07. The van der Waals surface area contributed by atoms with Crippen LogP contribution in [-0.4, -0.2) is 26.7 Å². The number of anilines is 3. The molecule has 0 fully saturated rings. The van der Waals surface area contributed by atoms with Gasteiger partial charge in [-0.15, -0.1) is 0 Å². The van der Waals surface area contributed by atoms with E-state index in [1.54, 1.807) is 11.6 Å². The van der Waals surface area contributed by atoms with E-state index in [9.17, 15) is 0 Å². The molecule has 4 aromatic rings. The minimum absolute atomic E-state index is 0.187. The van der Waals surface area contributed by atoms with E-state index in [1.807, 2.05) is 60.7 Å². The molecule has 25 heavy (non-hydrogen) atoms. The summed E-state index contributed by atoms with van der Waals surface area (Å²) >= 11 is 0. The highest BCUT2D eigenvalue weighted by Crippen LogP contribution is 2.24. The van der Waals surface area contributed by atoms with Crippen LogP contribution in [0, 0.1) is 0 Å². The molecule has 3 N–H and O–H groups in total. The molecule has 0 spiro atoms. The number of hydrogen-bond donors (Lipinski definition) is 2. The zero-order valence-electron chi connectivity index (χ0n) is 13.5. The number of hydrogen-bond acceptors (Lipinski definition) is 6. The van der Waals surface area contributed by atoms with Gasteiger partial charge in [0.05, 0.1) is 12.8 Å². The molecular formula is C18H16N6O. The highest BCUT2D eigenvalue weighted by atomic mass is 16.5. The molecule has 0 aliphatic carbocycles. The van der Waals surface area contributed by atoms with Gasteiger partial charge in [-0.1, -0.05) is 18.2 Å². The standard InChI is InChI=1S/C18H16N6O/c1-25-14-9-7-12(8-10-14)15-11-16-21-17(19)22-18(24(16)23-15)20-13-5-3-2-4-6-13/h2-11H,1H3,(H3,19,20,21,22). The largest absolute Gasteiger partial charge is 0.497 e. The molecule has 0 amide bonds. The van der Waals surface area contributed by atoms with Gasteiger partial charge in [0.25, 0.3) is 0 Å². The van der Waals surface area contributed by atoms with Crippen molar-refractivity contribution in [3.63, 3.8) is 0 Å². The zero-order chi connectivity index (χ0) is 17.2. The quantitative estimate of drug-likeness (QED) is 0.597. The Bertz CT molecular complexity index is 1010. The SMILES string of the molecule is COc1ccc(-c2cc3nc(N)nc(Nc4ccccc4)n3n2)cc1. The van der Waals surface area contributed by atoms with Gasteiger partial charge in [-0.2, -0.15) is 19.6 Å². The predicted molar refractivity (Wildman–Crippen MR) is 96.9 cm³/mol. The van der Waals surface area contributed by atoms with E-state index in [2.05, 4.69) is 20.4 Å². The normalized spacial score (nSPS) is 10.8. The number of nitrogen functional groups attached to an aromatic ring is 1. The summed E-state index contributed by atoms with van der Waals surface area (Å²) in [7, 11) is 1.64. The second-order valence-electron chi connectivity index (χ2n) is 5.42. The van der Waals surface area contributed by atoms with Crippen molar-refractivity contribution >= 4 is 23.2 Å². The van der Waals surface area contributed by atoms with Crippen LogP contribution in [0.4, 0.5) is 17.6 Å². The monoisotopic (exact) mass is 332 g/mol. The summed E-state index contributed by atoms with van der Waals surface area (Å²) in [6.07, 6.45) is 0. The molecule has 0 saturated heterocycles. The van der Waals surface area contributed by atoms with Crippen LogP contribution in [0.15, 0.2) is 60.7 Å². The molecule has 0 radical (unpaired) electrons. The van der Waals surface area contributed by atoms with Crippen molar-refractivity contribution in [2.24, 2.45) is 0 Å². The van der Waals surface area contributed by atoms with Crippen molar-refractivity contribution in [2.75, 3.05) is 18.2 Å². The van der Waals surface area contributed by atoms with Gasteiger partial charge in [0.1, 0.15) is 5.75 Å². The van der Waals surface area contributed by atoms with E-state index < -0.39 is 0 Å². The van der Waals surface area contributed by atoms with Crippen LogP contribution < -0.4 is 15.8 Å². The second-order valence-corrected chi connectivity index (χ2v) is 5.42. The molecule has 2 aromatic carbocycles. The number of methoxy groups -OCH3 is 1. The average Bonchev–Trinajstić information content (AvgIpc) is 3.07. The Morgan fingerprint density at radius 1 is 1.00 bits per heavy atom. The van der Waals surface area contributed by atoms with E-state index in [4.69, 9.17) is 10.5 Å². The molecule has 0 unspecified atom stereocenters. The van der Waals surface area contributed by atoms with Gasteiger partial charge in [0.15, 0.2) is 5.65 Å². The summed E-state index contributed by atoms with van der Waals surface area (Å²) in [6.45, 7) is 0. The van der Waals surface area contributed by atoms with Crippen LogP contribution in [-0.2, 0) is 0 Å². The molecule has 0 atom stereocenters. The maximum absolute atomic E-state index is 5.84. The van der Waals surface area contributed by atoms with Gasteiger partial charge >= 0.3 is 0 Å². The molecule has 2 aromatic heterocycles. The van der Waals surface area contributed by atoms with Crippen molar-refractivity contribution in [1.82, 2.24) is 19.6 Å². The third-order valence-electron chi connectivity index (χ3n) is 3.76. The first kappa shape index (κ1) is 14.9. The van der Waals surface area contributed by atoms with Crippen molar-refractivity contribution in [2.45, 2.75) is 0 Å². The summed E-state index contributed by atoms with van der Waals surface area (Å²) in [5, 5.41) is 7.83. The molecule has 7 nitrogen and oxygen atoms in total. The van der Waals surface area contributed by atoms with Gasteiger partial charge in [0.2, 0.25) is 11.9 Å². The lowest BCUT2D eigenvalue weighted by atomic mass is 10.1. The Morgan fingerprint density at radius 3 is 2.48 bits per heavy atom. The molecule has 0 bridgehead atoms. The highest BCUT2D eigenvalue weighted by molar-refractivity contribution is 5.67. The van der Waals surface area contributed by atoms with Crippen molar-refractivity contribution in [3.05, 3.63) is 60.7 Å². The minimum Gasteiger partial charge on any atom is -0.497 e. The van der Waals surface area contributed by atoms with E-state index in [-0.39, 0.29) is 5.95 Å². The molecule has 7 heteroatoms. The van der Waals surface area contributed by atoms with Crippen LogP contribution in [0.3, 0.4) is 0 Å². The van der Waals surface area contributed by atoms with Gasteiger partial charge in [-0.3, -0.25) is 0 Å². The maximum Gasteiger partial charge on any atom is 0.233 e. The fraction of sp³-hybridized carbons (Fsp3) is 0.0556. The Morgan fingerprint density at radius 2 is 1.76 bits per heavy atom. The first-order valence-electron chi connectivity index (χ1n) is 7.73. The zero-order valence-corrected chi connectivity index (χ0v) is 13.5. The number of para-hydroxylation sites is 1. The number of nitrogens with zero attached hydrogens (tertiary/aromatic N) is 4. The summed E-state index contributed by atoms with van der Waals surface area (Å²) in [4.78, 5) is 8.53. The Kier molecular flexibility index (Phi) is 3.66. The smallest absolute Gasteiger partial charge is 0.233 e. The fourth-order valence-corrected chi connectivity index (χ4v) is 2.54. The summed E-state index contributed by atoms with van der Waals surface area (Å²) in [5.41, 5.74) is 9.09. The Hall–Kier alpha value is -3.61. The van der Waals surface area contributed by atoms with Crippen molar-refractivity contribution < 1.29 is 4.74 Å². The van der Waals surface area contributed by atoms with Crippen LogP contribution in [0.2, 0.25) is 0 Å². The van der Waals surface area contributed by atoms with Gasteiger partial charge < -0.3 is 15.8 Å². The number of rotatable bonds is 4. The topological polar surface area (TPSA) is 90.4 Å². The average molecular weight is 332 g/mol. The number of ether oxygens (including phenoxy) is 1. The lowest BCUT2D eigenvalue weighted by molar-refractivity contribution is 0.415. The molecular weight excluding hydrogens is 316 g/mol. The molecule has 0 aliphatic rings. The van der Waals surface area contributed by atoms with Crippen LogP contribution in [0.25, 0.3) is 16.9 Å². The van der Waals surface area contributed by atoms with Crippen molar-refractivity contribution in [3.8, 4) is 17.0 Å².